The third kappa shape index (κ3) is 3.59. The molecule has 6 heteroatoms. The molecule has 0 bridgehead atoms. The third-order valence-corrected chi connectivity index (χ3v) is 4.69. The second kappa shape index (κ2) is 6.51. The molecule has 2 aliphatic heterocycles. The SMILES string of the molecule is CC(C)(C)N(C(=O)O)C1CCN(Cc2ccc3c(c2)OCO3)CC1. The van der Waals surface area contributed by atoms with E-state index in [-0.39, 0.29) is 11.6 Å². The fraction of sp³-hybridized carbons (Fsp3) is 0.611. The first-order chi connectivity index (χ1) is 11.3. The number of piperidine rings is 1. The van der Waals surface area contributed by atoms with Gasteiger partial charge in [0, 0.05) is 31.2 Å². The molecule has 0 spiro atoms. The molecule has 0 unspecified atom stereocenters. The van der Waals surface area contributed by atoms with Gasteiger partial charge in [-0.05, 0) is 51.3 Å². The van der Waals surface area contributed by atoms with E-state index in [0.29, 0.717) is 6.79 Å². The largest absolute Gasteiger partial charge is 0.465 e. The zero-order valence-electron chi connectivity index (χ0n) is 14.6. The summed E-state index contributed by atoms with van der Waals surface area (Å²) in [6.07, 6.45) is 0.916. The summed E-state index contributed by atoms with van der Waals surface area (Å²) in [6, 6.07) is 6.15. The van der Waals surface area contributed by atoms with Crippen LogP contribution >= 0.6 is 0 Å². The minimum Gasteiger partial charge on any atom is -0.465 e. The number of amides is 1. The van der Waals surface area contributed by atoms with Crippen LogP contribution in [-0.4, -0.2) is 52.5 Å². The number of hydrogen-bond donors (Lipinski definition) is 1. The van der Waals surface area contributed by atoms with E-state index >= 15 is 0 Å². The first-order valence-electron chi connectivity index (χ1n) is 8.48. The first-order valence-corrected chi connectivity index (χ1v) is 8.48. The highest BCUT2D eigenvalue weighted by Crippen LogP contribution is 2.33. The molecule has 0 aliphatic carbocycles. The molecule has 1 N–H and O–H groups in total. The summed E-state index contributed by atoms with van der Waals surface area (Å²) in [4.78, 5) is 15.6. The van der Waals surface area contributed by atoms with Crippen molar-refractivity contribution < 1.29 is 19.4 Å². The number of nitrogens with zero attached hydrogens (tertiary/aromatic N) is 2. The van der Waals surface area contributed by atoms with E-state index in [4.69, 9.17) is 9.47 Å². The molecular weight excluding hydrogens is 308 g/mol. The first kappa shape index (κ1) is 16.9. The lowest BCUT2D eigenvalue weighted by atomic mass is 9.96. The van der Waals surface area contributed by atoms with Gasteiger partial charge in [0.25, 0.3) is 0 Å². The monoisotopic (exact) mass is 334 g/mol. The molecule has 1 fully saturated rings. The zero-order chi connectivity index (χ0) is 17.3. The van der Waals surface area contributed by atoms with Gasteiger partial charge in [0.15, 0.2) is 11.5 Å². The Morgan fingerprint density at radius 3 is 2.54 bits per heavy atom. The van der Waals surface area contributed by atoms with Gasteiger partial charge >= 0.3 is 6.09 Å². The summed E-state index contributed by atoms with van der Waals surface area (Å²) >= 11 is 0. The fourth-order valence-electron chi connectivity index (χ4n) is 3.62. The van der Waals surface area contributed by atoms with Crippen molar-refractivity contribution in [1.82, 2.24) is 9.80 Å². The average Bonchev–Trinajstić information content (AvgIpc) is 2.95. The maximum absolute atomic E-state index is 11.6. The topological polar surface area (TPSA) is 62.2 Å². The number of carbonyl (C=O) groups is 1. The summed E-state index contributed by atoms with van der Waals surface area (Å²) in [5.41, 5.74) is 0.833. The summed E-state index contributed by atoms with van der Waals surface area (Å²) < 4.78 is 10.8. The summed E-state index contributed by atoms with van der Waals surface area (Å²) in [6.45, 7) is 8.83. The zero-order valence-corrected chi connectivity index (χ0v) is 14.6. The Morgan fingerprint density at radius 2 is 1.92 bits per heavy atom. The number of fused-ring (bicyclic) bond motifs is 1. The number of ether oxygens (including phenoxy) is 2. The Kier molecular flexibility index (Phi) is 4.58. The lowest BCUT2D eigenvalue weighted by Crippen LogP contribution is -2.54. The molecule has 2 aliphatic rings. The quantitative estimate of drug-likeness (QED) is 0.920. The van der Waals surface area contributed by atoms with Crippen LogP contribution < -0.4 is 9.47 Å². The van der Waals surface area contributed by atoms with Crippen molar-refractivity contribution in [3.63, 3.8) is 0 Å². The molecule has 6 nitrogen and oxygen atoms in total. The Bertz CT molecular complexity index is 604. The van der Waals surface area contributed by atoms with Crippen molar-refractivity contribution in [3.8, 4) is 11.5 Å². The van der Waals surface area contributed by atoms with Crippen molar-refractivity contribution in [2.24, 2.45) is 0 Å². The highest BCUT2D eigenvalue weighted by molar-refractivity contribution is 5.66. The molecule has 2 heterocycles. The maximum Gasteiger partial charge on any atom is 0.407 e. The second-order valence-corrected chi connectivity index (χ2v) is 7.52. The fourth-order valence-corrected chi connectivity index (χ4v) is 3.62. The van der Waals surface area contributed by atoms with Gasteiger partial charge in [0.05, 0.1) is 0 Å². The Labute approximate surface area is 143 Å². The van der Waals surface area contributed by atoms with Gasteiger partial charge in [-0.25, -0.2) is 4.79 Å². The molecule has 1 aromatic carbocycles. The molecule has 1 saturated heterocycles. The van der Waals surface area contributed by atoms with E-state index in [1.807, 2.05) is 32.9 Å². The lowest BCUT2D eigenvalue weighted by Gasteiger charge is -2.43. The Morgan fingerprint density at radius 1 is 1.25 bits per heavy atom. The molecule has 0 radical (unpaired) electrons. The Balaban J connectivity index is 1.58. The van der Waals surface area contributed by atoms with E-state index in [9.17, 15) is 9.90 Å². The molecule has 0 atom stereocenters. The molecule has 24 heavy (non-hydrogen) atoms. The lowest BCUT2D eigenvalue weighted by molar-refractivity contribution is 0.0408. The third-order valence-electron chi connectivity index (χ3n) is 4.69. The van der Waals surface area contributed by atoms with Crippen LogP contribution in [0.2, 0.25) is 0 Å². The van der Waals surface area contributed by atoms with E-state index in [1.165, 1.54) is 5.56 Å². The van der Waals surface area contributed by atoms with E-state index in [0.717, 1.165) is 44.0 Å². The van der Waals surface area contributed by atoms with E-state index < -0.39 is 6.09 Å². The number of hydrogen-bond acceptors (Lipinski definition) is 4. The molecular formula is C18H26N2O4. The van der Waals surface area contributed by atoms with Gasteiger partial charge < -0.3 is 19.5 Å². The van der Waals surface area contributed by atoms with Crippen molar-refractivity contribution in [2.45, 2.75) is 51.7 Å². The molecule has 1 aromatic rings. The maximum atomic E-state index is 11.6. The minimum absolute atomic E-state index is 0.0931. The average molecular weight is 334 g/mol. The van der Waals surface area contributed by atoms with E-state index in [1.54, 1.807) is 4.90 Å². The molecule has 3 rings (SSSR count). The minimum atomic E-state index is -0.822. The molecule has 0 saturated carbocycles. The van der Waals surface area contributed by atoms with Gasteiger partial charge in [0.2, 0.25) is 6.79 Å². The summed E-state index contributed by atoms with van der Waals surface area (Å²) in [5.74, 6) is 1.62. The van der Waals surface area contributed by atoms with Gasteiger partial charge in [0.1, 0.15) is 0 Å². The number of rotatable bonds is 3. The van der Waals surface area contributed by atoms with Crippen molar-refractivity contribution in [3.05, 3.63) is 23.8 Å². The number of benzene rings is 1. The van der Waals surface area contributed by atoms with E-state index in [2.05, 4.69) is 11.0 Å². The predicted molar refractivity (Wildman–Crippen MR) is 90.5 cm³/mol. The van der Waals surface area contributed by atoms with Gasteiger partial charge in [-0.2, -0.15) is 0 Å². The highest BCUT2D eigenvalue weighted by Gasteiger charge is 2.35. The number of carboxylic acid groups (broad SMARTS) is 1. The van der Waals surface area contributed by atoms with Crippen molar-refractivity contribution >= 4 is 6.09 Å². The predicted octanol–water partition coefficient (Wildman–Crippen LogP) is 3.16. The summed E-state index contributed by atoms with van der Waals surface area (Å²) in [5, 5.41) is 9.54. The van der Waals surface area contributed by atoms with Crippen LogP contribution in [0.3, 0.4) is 0 Å². The van der Waals surface area contributed by atoms with Crippen LogP contribution in [0.4, 0.5) is 4.79 Å². The second-order valence-electron chi connectivity index (χ2n) is 7.52. The van der Waals surface area contributed by atoms with Crippen LogP contribution in [0, 0.1) is 0 Å². The molecule has 132 valence electrons. The molecule has 0 aromatic heterocycles. The number of likely N-dealkylation sites (tertiary alicyclic amines) is 1. The smallest absolute Gasteiger partial charge is 0.407 e. The normalized spacial score (nSPS) is 18.6. The molecule has 1 amide bonds. The van der Waals surface area contributed by atoms with Crippen molar-refractivity contribution in [2.75, 3.05) is 19.9 Å². The van der Waals surface area contributed by atoms with Gasteiger partial charge in [-0.1, -0.05) is 6.07 Å². The van der Waals surface area contributed by atoms with Gasteiger partial charge in [-0.15, -0.1) is 0 Å². The van der Waals surface area contributed by atoms with Crippen LogP contribution in [-0.2, 0) is 6.54 Å². The standard InChI is InChI=1S/C18H26N2O4/c1-18(2,3)20(17(21)22)14-6-8-19(9-7-14)11-13-4-5-15-16(10-13)24-12-23-15/h4-5,10,14H,6-9,11-12H2,1-3H3,(H,21,22). The van der Waals surface area contributed by atoms with Crippen molar-refractivity contribution in [1.29, 1.82) is 0 Å². The van der Waals surface area contributed by atoms with Crippen LogP contribution in [0.15, 0.2) is 18.2 Å². The highest BCUT2D eigenvalue weighted by atomic mass is 16.7. The summed E-state index contributed by atoms with van der Waals surface area (Å²) in [7, 11) is 0. The van der Waals surface area contributed by atoms with Crippen LogP contribution in [0.1, 0.15) is 39.2 Å². The van der Waals surface area contributed by atoms with Crippen LogP contribution in [0.5, 0.6) is 11.5 Å². The van der Waals surface area contributed by atoms with Crippen LogP contribution in [0.25, 0.3) is 0 Å². The Hall–Kier alpha value is -1.95. The van der Waals surface area contributed by atoms with Gasteiger partial charge in [-0.3, -0.25) is 4.90 Å².